The molecule has 5 rings (SSSR count). The number of benzene rings is 5. The molecular formula is C36H26F6O3. The molecule has 0 saturated carbocycles. The SMILES string of the molecule is Cc1ccc(Oc2ccc(C(c3ccc(Oc4ccc(C(=O)c5ccc(C)cc5)cc4)cc3)(C(F)(F)F)C(F)(F)F)cc2)cc1. The van der Waals surface area contributed by atoms with E-state index in [4.69, 9.17) is 9.47 Å². The van der Waals surface area contributed by atoms with E-state index in [1.807, 2.05) is 26.0 Å². The van der Waals surface area contributed by atoms with Crippen LogP contribution in [-0.2, 0) is 5.41 Å². The number of hydrogen-bond donors (Lipinski definition) is 0. The summed E-state index contributed by atoms with van der Waals surface area (Å²) in [6.07, 6.45) is -11.5. The van der Waals surface area contributed by atoms with Gasteiger partial charge in [0.05, 0.1) is 0 Å². The molecule has 0 heterocycles. The largest absolute Gasteiger partial charge is 0.457 e. The van der Waals surface area contributed by atoms with Gasteiger partial charge in [0.15, 0.2) is 5.78 Å². The summed E-state index contributed by atoms with van der Waals surface area (Å²) in [7, 11) is 0. The van der Waals surface area contributed by atoms with Gasteiger partial charge in [0.1, 0.15) is 23.0 Å². The van der Waals surface area contributed by atoms with Crippen molar-refractivity contribution in [3.63, 3.8) is 0 Å². The fraction of sp³-hybridized carbons (Fsp3) is 0.139. The van der Waals surface area contributed by atoms with E-state index in [9.17, 15) is 31.1 Å². The summed E-state index contributed by atoms with van der Waals surface area (Å²) in [6, 6.07) is 27.2. The number of hydrogen-bond acceptors (Lipinski definition) is 3. The van der Waals surface area contributed by atoms with Crippen LogP contribution in [0.15, 0.2) is 121 Å². The van der Waals surface area contributed by atoms with E-state index < -0.39 is 28.9 Å². The Bertz CT molecular complexity index is 1740. The van der Waals surface area contributed by atoms with Crippen LogP contribution >= 0.6 is 0 Å². The molecule has 5 aromatic carbocycles. The molecule has 45 heavy (non-hydrogen) atoms. The maximum absolute atomic E-state index is 14.6. The number of rotatable bonds is 8. The zero-order chi connectivity index (χ0) is 32.4. The van der Waals surface area contributed by atoms with Gasteiger partial charge in [0, 0.05) is 11.1 Å². The molecule has 0 N–H and O–H groups in total. The summed E-state index contributed by atoms with van der Waals surface area (Å²) in [5.41, 5.74) is -3.52. The third-order valence-corrected chi connectivity index (χ3v) is 7.35. The molecule has 0 aliphatic rings. The number of halogens is 6. The second-order valence-corrected chi connectivity index (χ2v) is 10.5. The molecule has 0 fully saturated rings. The van der Waals surface area contributed by atoms with Crippen molar-refractivity contribution in [1.29, 1.82) is 0 Å². The number of ketones is 1. The predicted molar refractivity (Wildman–Crippen MR) is 158 cm³/mol. The molecule has 0 aromatic heterocycles. The third-order valence-electron chi connectivity index (χ3n) is 7.35. The van der Waals surface area contributed by atoms with E-state index in [2.05, 4.69) is 0 Å². The Morgan fingerprint density at radius 3 is 1.04 bits per heavy atom. The van der Waals surface area contributed by atoms with Crippen LogP contribution in [0.5, 0.6) is 23.0 Å². The minimum absolute atomic E-state index is 0.0106. The molecule has 230 valence electrons. The van der Waals surface area contributed by atoms with Crippen LogP contribution in [0.4, 0.5) is 26.3 Å². The third kappa shape index (κ3) is 6.43. The van der Waals surface area contributed by atoms with Crippen molar-refractivity contribution in [3.8, 4) is 23.0 Å². The molecule has 0 unspecified atom stereocenters. The molecule has 0 aliphatic carbocycles. The van der Waals surface area contributed by atoms with Gasteiger partial charge in [-0.05, 0) is 85.6 Å². The van der Waals surface area contributed by atoms with Gasteiger partial charge in [-0.15, -0.1) is 0 Å². The van der Waals surface area contributed by atoms with Gasteiger partial charge >= 0.3 is 12.4 Å². The van der Waals surface area contributed by atoms with Gasteiger partial charge in [-0.2, -0.15) is 26.3 Å². The quantitative estimate of drug-likeness (QED) is 0.128. The lowest BCUT2D eigenvalue weighted by Crippen LogP contribution is -2.54. The maximum Gasteiger partial charge on any atom is 0.411 e. The summed E-state index contributed by atoms with van der Waals surface area (Å²) < 4.78 is 98.9. The summed E-state index contributed by atoms with van der Waals surface area (Å²) >= 11 is 0. The van der Waals surface area contributed by atoms with Gasteiger partial charge in [-0.3, -0.25) is 4.79 Å². The van der Waals surface area contributed by atoms with Gasteiger partial charge in [-0.1, -0.05) is 71.8 Å². The van der Waals surface area contributed by atoms with Crippen LogP contribution in [0.1, 0.15) is 38.2 Å². The lowest BCUT2D eigenvalue weighted by molar-refractivity contribution is -0.288. The number of aryl methyl sites for hydroxylation is 2. The van der Waals surface area contributed by atoms with Crippen molar-refractivity contribution in [2.75, 3.05) is 0 Å². The standard InChI is InChI=1S/C36H26F6O3/c1-23-3-7-25(8-4-23)33(43)26-9-17-30(18-10-26)45-32-21-13-28(14-22-32)34(35(37,38)39,36(40,41)42)27-11-19-31(20-12-27)44-29-15-5-24(2)6-16-29/h3-22H,1-2H3. The predicted octanol–water partition coefficient (Wildman–Crippen LogP) is 10.5. The van der Waals surface area contributed by atoms with Crippen molar-refractivity contribution in [2.24, 2.45) is 0 Å². The highest BCUT2D eigenvalue weighted by Gasteiger charge is 2.72. The first-order valence-corrected chi connectivity index (χ1v) is 13.8. The fourth-order valence-corrected chi connectivity index (χ4v) is 4.95. The zero-order valence-corrected chi connectivity index (χ0v) is 24.0. The topological polar surface area (TPSA) is 35.5 Å². The molecule has 0 atom stereocenters. The van der Waals surface area contributed by atoms with Crippen molar-refractivity contribution in [3.05, 3.63) is 155 Å². The first kappa shape index (κ1) is 31.4. The van der Waals surface area contributed by atoms with E-state index in [1.165, 1.54) is 24.3 Å². The van der Waals surface area contributed by atoms with Crippen LogP contribution in [-0.4, -0.2) is 18.1 Å². The average molecular weight is 621 g/mol. The Kier molecular flexibility index (Phi) is 8.47. The molecule has 0 saturated heterocycles. The molecular weight excluding hydrogens is 594 g/mol. The molecule has 0 amide bonds. The van der Waals surface area contributed by atoms with E-state index in [1.54, 1.807) is 36.4 Å². The first-order valence-electron chi connectivity index (χ1n) is 13.8. The van der Waals surface area contributed by atoms with Gasteiger partial charge < -0.3 is 9.47 Å². The molecule has 9 heteroatoms. The normalized spacial score (nSPS) is 12.1. The van der Waals surface area contributed by atoms with E-state index in [0.717, 1.165) is 59.7 Å². The van der Waals surface area contributed by atoms with Crippen LogP contribution < -0.4 is 9.47 Å². The van der Waals surface area contributed by atoms with E-state index >= 15 is 0 Å². The van der Waals surface area contributed by atoms with Crippen LogP contribution in [0.2, 0.25) is 0 Å². The van der Waals surface area contributed by atoms with Crippen molar-refractivity contribution >= 4 is 5.78 Å². The number of ether oxygens (including phenoxy) is 2. The maximum atomic E-state index is 14.6. The van der Waals surface area contributed by atoms with Crippen molar-refractivity contribution in [1.82, 2.24) is 0 Å². The van der Waals surface area contributed by atoms with Crippen molar-refractivity contribution in [2.45, 2.75) is 31.6 Å². The lowest BCUT2D eigenvalue weighted by Gasteiger charge is -2.38. The number of carbonyl (C=O) groups is 1. The number of carbonyl (C=O) groups excluding carboxylic acids is 1. The smallest absolute Gasteiger partial charge is 0.411 e. The minimum atomic E-state index is -5.74. The van der Waals surface area contributed by atoms with Crippen LogP contribution in [0, 0.1) is 13.8 Å². The molecule has 0 spiro atoms. The second-order valence-electron chi connectivity index (χ2n) is 10.5. The van der Waals surface area contributed by atoms with Gasteiger partial charge in [0.25, 0.3) is 0 Å². The Hall–Kier alpha value is -5.05. The highest BCUT2D eigenvalue weighted by molar-refractivity contribution is 6.09. The molecule has 5 aromatic rings. The Balaban J connectivity index is 1.40. The van der Waals surface area contributed by atoms with Crippen molar-refractivity contribution < 1.29 is 40.6 Å². The highest BCUT2D eigenvalue weighted by atomic mass is 19.4. The highest BCUT2D eigenvalue weighted by Crippen LogP contribution is 2.56. The Morgan fingerprint density at radius 1 is 0.444 bits per heavy atom. The zero-order valence-electron chi connectivity index (χ0n) is 24.0. The summed E-state index contributed by atoms with van der Waals surface area (Å²) in [6.45, 7) is 3.76. The first-order chi connectivity index (χ1) is 21.3. The Labute approximate surface area is 255 Å². The summed E-state index contributed by atoms with van der Waals surface area (Å²) in [5, 5.41) is 0. The average Bonchev–Trinajstić information content (AvgIpc) is 2.99. The van der Waals surface area contributed by atoms with E-state index in [0.29, 0.717) is 16.9 Å². The van der Waals surface area contributed by atoms with Crippen LogP contribution in [0.3, 0.4) is 0 Å². The summed E-state index contributed by atoms with van der Waals surface area (Å²) in [5.74, 6) is 0.503. The molecule has 0 bridgehead atoms. The number of alkyl halides is 6. The fourth-order valence-electron chi connectivity index (χ4n) is 4.95. The van der Waals surface area contributed by atoms with Gasteiger partial charge in [0.2, 0.25) is 5.41 Å². The van der Waals surface area contributed by atoms with E-state index in [-0.39, 0.29) is 23.0 Å². The second kappa shape index (κ2) is 12.1. The minimum Gasteiger partial charge on any atom is -0.457 e. The van der Waals surface area contributed by atoms with Crippen LogP contribution in [0.25, 0.3) is 0 Å². The molecule has 0 radical (unpaired) electrons. The van der Waals surface area contributed by atoms with Gasteiger partial charge in [-0.25, -0.2) is 0 Å². The summed E-state index contributed by atoms with van der Waals surface area (Å²) in [4.78, 5) is 12.7. The molecule has 3 nitrogen and oxygen atoms in total. The monoisotopic (exact) mass is 620 g/mol. The Morgan fingerprint density at radius 2 is 0.711 bits per heavy atom. The molecule has 0 aliphatic heterocycles. The lowest BCUT2D eigenvalue weighted by atomic mass is 9.73.